The summed E-state index contributed by atoms with van der Waals surface area (Å²) in [4.78, 5) is 30.5. The second-order valence-corrected chi connectivity index (χ2v) is 11.5. The van der Waals surface area contributed by atoms with Gasteiger partial charge in [-0.3, -0.25) is 9.80 Å². The molecule has 2 amide bonds. The van der Waals surface area contributed by atoms with Crippen molar-refractivity contribution in [3.63, 3.8) is 0 Å². The Labute approximate surface area is 225 Å². The summed E-state index contributed by atoms with van der Waals surface area (Å²) in [6, 6.07) is 14.9. The minimum absolute atomic E-state index is 0.212. The molecule has 0 radical (unpaired) electrons. The van der Waals surface area contributed by atoms with Crippen LogP contribution in [0, 0.1) is 6.92 Å². The number of rotatable bonds is 8. The predicted octanol–water partition coefficient (Wildman–Crippen LogP) is 3.29. The topological polar surface area (TPSA) is 99.3 Å². The van der Waals surface area contributed by atoms with Crippen molar-refractivity contribution in [3.8, 4) is 0 Å². The van der Waals surface area contributed by atoms with Crippen molar-refractivity contribution in [2.75, 3.05) is 39.3 Å². The molecule has 2 aromatic carbocycles. The lowest BCUT2D eigenvalue weighted by molar-refractivity contribution is -0.139. The summed E-state index contributed by atoms with van der Waals surface area (Å²) in [5.74, 6) is -0.467. The molecule has 4 rings (SSSR count). The van der Waals surface area contributed by atoms with Gasteiger partial charge < -0.3 is 10.1 Å². The number of sulfonamides is 1. The molecular weight excluding hydrogens is 504 g/mol. The number of ether oxygens (including phenoxy) is 1. The molecule has 0 spiro atoms. The van der Waals surface area contributed by atoms with Crippen LogP contribution in [-0.2, 0) is 19.6 Å². The number of piperazine rings is 1. The Morgan fingerprint density at radius 1 is 1.08 bits per heavy atom. The summed E-state index contributed by atoms with van der Waals surface area (Å²) >= 11 is 0. The largest absolute Gasteiger partial charge is 0.463 e. The molecule has 0 saturated carbocycles. The lowest BCUT2D eigenvalue weighted by atomic mass is 9.93. The lowest BCUT2D eigenvalue weighted by Gasteiger charge is -2.42. The minimum Gasteiger partial charge on any atom is -0.463 e. The van der Waals surface area contributed by atoms with Gasteiger partial charge in [-0.1, -0.05) is 48.0 Å². The Kier molecular flexibility index (Phi) is 8.54. The van der Waals surface area contributed by atoms with E-state index < -0.39 is 22.0 Å². The number of amides is 2. The van der Waals surface area contributed by atoms with E-state index in [0.717, 1.165) is 11.1 Å². The molecule has 0 aromatic heterocycles. The van der Waals surface area contributed by atoms with Crippen LogP contribution in [-0.4, -0.2) is 79.9 Å². The van der Waals surface area contributed by atoms with E-state index in [9.17, 15) is 18.0 Å². The number of hydrogen-bond donors (Lipinski definition) is 1. The molecular formula is C28H36N4O5S. The highest BCUT2D eigenvalue weighted by molar-refractivity contribution is 7.89. The third-order valence-electron chi connectivity index (χ3n) is 7.00. The molecule has 2 atom stereocenters. The predicted molar refractivity (Wildman–Crippen MR) is 145 cm³/mol. The molecule has 2 aliphatic heterocycles. The number of hydrogen-bond acceptors (Lipinski definition) is 6. The van der Waals surface area contributed by atoms with Crippen LogP contribution in [0.3, 0.4) is 0 Å². The van der Waals surface area contributed by atoms with Crippen molar-refractivity contribution in [3.05, 3.63) is 77.0 Å². The normalized spacial score (nSPS) is 21.4. The molecule has 2 heterocycles. The van der Waals surface area contributed by atoms with Crippen LogP contribution in [0.15, 0.2) is 70.8 Å². The first-order valence-corrected chi connectivity index (χ1v) is 14.4. The van der Waals surface area contributed by atoms with Gasteiger partial charge in [0.05, 0.1) is 23.1 Å². The standard InChI is InChI=1S/C28H36N4O5S/c1-5-31-24(19-30-15-16-32(21(4)18-30)38(35,36)23-13-8-7-9-14-23)25(27(33)37-6-2)26(29-28(31)34)22-12-10-11-20(3)17-22/h7-14,17,21,26H,5-6,15-16,18-19H2,1-4H3,(H,29,34). The van der Waals surface area contributed by atoms with Crippen LogP contribution in [0.5, 0.6) is 0 Å². The van der Waals surface area contributed by atoms with Crippen molar-refractivity contribution >= 4 is 22.0 Å². The highest BCUT2D eigenvalue weighted by Crippen LogP contribution is 2.33. The number of nitrogens with zero attached hydrogens (tertiary/aromatic N) is 3. The van der Waals surface area contributed by atoms with E-state index in [2.05, 4.69) is 10.2 Å². The van der Waals surface area contributed by atoms with E-state index in [1.54, 1.807) is 42.2 Å². The Hall–Kier alpha value is -3.21. The number of carbonyl (C=O) groups is 2. The van der Waals surface area contributed by atoms with Gasteiger partial charge in [-0.05, 0) is 45.4 Å². The van der Waals surface area contributed by atoms with Gasteiger partial charge in [0.2, 0.25) is 10.0 Å². The van der Waals surface area contributed by atoms with Crippen LogP contribution in [0.25, 0.3) is 0 Å². The number of likely N-dealkylation sites (N-methyl/N-ethyl adjacent to an activating group) is 1. The number of nitrogens with one attached hydrogen (secondary N) is 1. The summed E-state index contributed by atoms with van der Waals surface area (Å²) in [5.41, 5.74) is 2.82. The molecule has 1 saturated heterocycles. The third kappa shape index (κ3) is 5.62. The van der Waals surface area contributed by atoms with E-state index in [1.807, 2.05) is 45.0 Å². The zero-order valence-corrected chi connectivity index (χ0v) is 23.2. The van der Waals surface area contributed by atoms with Gasteiger partial charge in [0.15, 0.2) is 0 Å². The van der Waals surface area contributed by atoms with E-state index in [4.69, 9.17) is 4.74 Å². The molecule has 0 aliphatic carbocycles. The number of aryl methyl sites for hydroxylation is 1. The SMILES string of the molecule is CCOC(=O)C1=C(CN2CCN(S(=O)(=O)c3ccccc3)C(C)C2)N(CC)C(=O)NC1c1cccc(C)c1. The Morgan fingerprint density at radius 2 is 1.82 bits per heavy atom. The van der Waals surface area contributed by atoms with Gasteiger partial charge in [-0.25, -0.2) is 18.0 Å². The zero-order chi connectivity index (χ0) is 27.4. The van der Waals surface area contributed by atoms with Gasteiger partial charge >= 0.3 is 12.0 Å². The molecule has 1 N–H and O–H groups in total. The van der Waals surface area contributed by atoms with Gasteiger partial charge in [0, 0.05) is 44.5 Å². The number of carbonyl (C=O) groups excluding carboxylic acids is 2. The second kappa shape index (κ2) is 11.7. The average molecular weight is 541 g/mol. The summed E-state index contributed by atoms with van der Waals surface area (Å²) in [7, 11) is -3.63. The number of esters is 1. The van der Waals surface area contributed by atoms with Gasteiger partial charge in [0.25, 0.3) is 0 Å². The van der Waals surface area contributed by atoms with Crippen molar-refractivity contribution < 1.29 is 22.7 Å². The minimum atomic E-state index is -3.63. The molecule has 204 valence electrons. The first kappa shape index (κ1) is 27.8. The molecule has 2 unspecified atom stereocenters. The molecule has 2 aliphatic rings. The first-order valence-electron chi connectivity index (χ1n) is 13.0. The number of benzene rings is 2. The molecule has 38 heavy (non-hydrogen) atoms. The summed E-state index contributed by atoms with van der Waals surface area (Å²) in [6.45, 7) is 9.60. The Balaban J connectivity index is 1.66. The van der Waals surface area contributed by atoms with Crippen LogP contribution in [0.2, 0.25) is 0 Å². The van der Waals surface area contributed by atoms with Crippen molar-refractivity contribution in [2.45, 2.75) is 44.7 Å². The summed E-state index contributed by atoms with van der Waals surface area (Å²) < 4.78 is 33.5. The van der Waals surface area contributed by atoms with Crippen LogP contribution in [0.1, 0.15) is 37.9 Å². The smallest absolute Gasteiger partial charge is 0.338 e. The quantitative estimate of drug-likeness (QED) is 0.516. The van der Waals surface area contributed by atoms with Crippen LogP contribution in [0.4, 0.5) is 4.79 Å². The zero-order valence-electron chi connectivity index (χ0n) is 22.4. The van der Waals surface area contributed by atoms with Crippen molar-refractivity contribution in [1.82, 2.24) is 19.4 Å². The fraction of sp³-hybridized carbons (Fsp3) is 0.429. The molecule has 0 bridgehead atoms. The molecule has 1 fully saturated rings. The highest BCUT2D eigenvalue weighted by Gasteiger charge is 2.40. The Morgan fingerprint density at radius 3 is 2.45 bits per heavy atom. The van der Waals surface area contributed by atoms with E-state index >= 15 is 0 Å². The average Bonchev–Trinajstić information content (AvgIpc) is 2.89. The van der Waals surface area contributed by atoms with Gasteiger partial charge in [-0.15, -0.1) is 0 Å². The van der Waals surface area contributed by atoms with Crippen molar-refractivity contribution in [1.29, 1.82) is 0 Å². The van der Waals surface area contributed by atoms with E-state index in [1.165, 1.54) is 4.31 Å². The lowest BCUT2D eigenvalue weighted by Crippen LogP contribution is -2.56. The van der Waals surface area contributed by atoms with Crippen LogP contribution < -0.4 is 5.32 Å². The maximum absolute atomic E-state index is 13.3. The van der Waals surface area contributed by atoms with Crippen LogP contribution >= 0.6 is 0 Å². The summed E-state index contributed by atoms with van der Waals surface area (Å²) in [5, 5.41) is 2.99. The summed E-state index contributed by atoms with van der Waals surface area (Å²) in [6.07, 6.45) is 0. The molecule has 2 aromatic rings. The molecule has 9 nitrogen and oxygen atoms in total. The first-order chi connectivity index (χ1) is 18.2. The fourth-order valence-corrected chi connectivity index (χ4v) is 6.85. The van der Waals surface area contributed by atoms with Gasteiger partial charge in [0.1, 0.15) is 0 Å². The van der Waals surface area contributed by atoms with E-state index in [0.29, 0.717) is 44.0 Å². The van der Waals surface area contributed by atoms with Gasteiger partial charge in [-0.2, -0.15) is 4.31 Å². The third-order valence-corrected chi connectivity index (χ3v) is 9.03. The van der Waals surface area contributed by atoms with E-state index in [-0.39, 0.29) is 23.6 Å². The monoisotopic (exact) mass is 540 g/mol. The fourth-order valence-electron chi connectivity index (χ4n) is 5.21. The molecule has 10 heteroatoms. The highest BCUT2D eigenvalue weighted by atomic mass is 32.2. The maximum Gasteiger partial charge on any atom is 0.338 e. The van der Waals surface area contributed by atoms with Crippen molar-refractivity contribution in [2.24, 2.45) is 0 Å². The number of urea groups is 1. The Bertz CT molecular complexity index is 1310. The second-order valence-electron chi connectivity index (χ2n) is 9.63. The maximum atomic E-state index is 13.3.